The number of rotatable bonds is 10. The van der Waals surface area contributed by atoms with Crippen molar-refractivity contribution >= 4 is 18.0 Å². The summed E-state index contributed by atoms with van der Waals surface area (Å²) in [5, 5.41) is 30.3. The third-order valence-corrected chi connectivity index (χ3v) is 5.15. The topological polar surface area (TPSA) is 132 Å². The number of hydrogen-bond donors (Lipinski definition) is 3. The van der Waals surface area contributed by atoms with E-state index in [1.54, 1.807) is 6.07 Å². The number of ether oxygens (including phenoxy) is 4. The number of esters is 2. The molecule has 1 aliphatic rings. The third-order valence-electron chi connectivity index (χ3n) is 5.15. The molecule has 9 heteroatoms. The second-order valence-corrected chi connectivity index (χ2v) is 7.65. The van der Waals surface area contributed by atoms with E-state index in [-0.39, 0.29) is 17.9 Å². The fourth-order valence-electron chi connectivity index (χ4n) is 3.31. The van der Waals surface area contributed by atoms with Gasteiger partial charge in [0.05, 0.1) is 13.2 Å². The molecule has 1 heterocycles. The zero-order valence-corrected chi connectivity index (χ0v) is 18.6. The van der Waals surface area contributed by atoms with Crippen LogP contribution in [0.4, 0.5) is 0 Å². The highest BCUT2D eigenvalue weighted by Crippen LogP contribution is 2.28. The van der Waals surface area contributed by atoms with Crippen molar-refractivity contribution in [2.45, 2.75) is 76.7 Å². The molecule has 0 radical (unpaired) electrons. The zero-order chi connectivity index (χ0) is 23.7. The van der Waals surface area contributed by atoms with Crippen LogP contribution in [0.15, 0.2) is 24.3 Å². The molecule has 1 aliphatic heterocycles. The van der Waals surface area contributed by atoms with Crippen LogP contribution in [0.25, 0.3) is 6.08 Å². The first-order valence-electron chi connectivity index (χ1n) is 10.7. The number of aromatic hydroxyl groups is 1. The average molecular weight is 453 g/mol. The highest BCUT2D eigenvalue weighted by molar-refractivity contribution is 5.87. The molecule has 32 heavy (non-hydrogen) atoms. The Morgan fingerprint density at radius 2 is 1.88 bits per heavy atom. The normalized spacial score (nSPS) is 25.5. The lowest BCUT2D eigenvalue weighted by atomic mass is 9.99. The van der Waals surface area contributed by atoms with Crippen molar-refractivity contribution in [3.63, 3.8) is 0 Å². The molecular formula is C23H32O9. The van der Waals surface area contributed by atoms with Crippen molar-refractivity contribution in [3.8, 4) is 11.5 Å². The summed E-state index contributed by atoms with van der Waals surface area (Å²) in [7, 11) is 1.40. The van der Waals surface area contributed by atoms with Gasteiger partial charge in [-0.05, 0) is 37.1 Å². The molecule has 0 aliphatic carbocycles. The summed E-state index contributed by atoms with van der Waals surface area (Å²) >= 11 is 0. The van der Waals surface area contributed by atoms with Gasteiger partial charge in [-0.1, -0.05) is 32.3 Å². The van der Waals surface area contributed by atoms with Gasteiger partial charge >= 0.3 is 11.9 Å². The lowest BCUT2D eigenvalue weighted by Gasteiger charge is -2.40. The third kappa shape index (κ3) is 7.22. The number of unbranched alkanes of at least 4 members (excludes halogenated alkanes) is 3. The van der Waals surface area contributed by atoms with Gasteiger partial charge in [-0.2, -0.15) is 0 Å². The first kappa shape index (κ1) is 25.6. The standard InChI is InChI=1S/C23H32O9/c1-4-5-6-7-8-18(25)31-21-20(27)14(2)30-23(28)22(21)32-19(26)12-10-15-9-11-16(24)17(13-15)29-3/h9-14,20-24,27-28H,4-8H2,1-3H3/b12-10+/t14-,20-,21+,22+,23+/m0/s1. The maximum absolute atomic E-state index is 12.3. The SMILES string of the molecule is CCCCCCC(=O)O[C@@H]1[C@@H](O)[C@H](C)O[C@@H](O)[C@@H]1OC(=O)/C=C/c1ccc(O)c(OC)c1. The number of aliphatic hydroxyl groups is 2. The fraction of sp³-hybridized carbons (Fsp3) is 0.565. The second kappa shape index (κ2) is 12.4. The Morgan fingerprint density at radius 3 is 2.56 bits per heavy atom. The van der Waals surface area contributed by atoms with Gasteiger partial charge in [0.1, 0.15) is 6.10 Å². The van der Waals surface area contributed by atoms with Gasteiger partial charge in [0.15, 0.2) is 30.0 Å². The van der Waals surface area contributed by atoms with Crippen molar-refractivity contribution in [2.24, 2.45) is 0 Å². The molecule has 5 atom stereocenters. The van der Waals surface area contributed by atoms with Gasteiger partial charge in [-0.3, -0.25) is 4.79 Å². The maximum Gasteiger partial charge on any atom is 0.331 e. The summed E-state index contributed by atoms with van der Waals surface area (Å²) in [6.07, 6.45) is -0.0808. The van der Waals surface area contributed by atoms with E-state index in [2.05, 4.69) is 6.92 Å². The number of carbonyl (C=O) groups is 2. The van der Waals surface area contributed by atoms with E-state index in [0.29, 0.717) is 12.0 Å². The summed E-state index contributed by atoms with van der Waals surface area (Å²) in [5.41, 5.74) is 0.556. The molecule has 0 aromatic heterocycles. The number of phenols is 1. The van der Waals surface area contributed by atoms with Crippen LogP contribution in [0.5, 0.6) is 11.5 Å². The first-order chi connectivity index (χ1) is 15.3. The predicted molar refractivity (Wildman–Crippen MR) is 115 cm³/mol. The van der Waals surface area contributed by atoms with E-state index in [1.807, 2.05) is 0 Å². The molecule has 9 nitrogen and oxygen atoms in total. The van der Waals surface area contributed by atoms with Crippen LogP contribution >= 0.6 is 0 Å². The molecule has 3 N–H and O–H groups in total. The highest BCUT2D eigenvalue weighted by atomic mass is 16.7. The molecule has 0 spiro atoms. The molecule has 2 rings (SSSR count). The Kier molecular flexibility index (Phi) is 9.96. The van der Waals surface area contributed by atoms with Crippen LogP contribution in [0.3, 0.4) is 0 Å². The number of aliphatic hydroxyl groups excluding tert-OH is 2. The van der Waals surface area contributed by atoms with Crippen LogP contribution < -0.4 is 4.74 Å². The minimum atomic E-state index is -1.57. The van der Waals surface area contributed by atoms with E-state index in [9.17, 15) is 24.9 Å². The maximum atomic E-state index is 12.3. The molecule has 1 saturated heterocycles. The molecular weight excluding hydrogens is 420 g/mol. The lowest BCUT2D eigenvalue weighted by molar-refractivity contribution is -0.285. The Balaban J connectivity index is 2.04. The number of methoxy groups -OCH3 is 1. The predicted octanol–water partition coefficient (Wildman–Crippen LogP) is 2.31. The van der Waals surface area contributed by atoms with Gasteiger partial charge in [-0.25, -0.2) is 4.79 Å². The van der Waals surface area contributed by atoms with Gasteiger partial charge in [-0.15, -0.1) is 0 Å². The van der Waals surface area contributed by atoms with Crippen LogP contribution in [-0.2, 0) is 23.8 Å². The summed E-state index contributed by atoms with van der Waals surface area (Å²) in [6.45, 7) is 3.58. The van der Waals surface area contributed by atoms with Gasteiger partial charge in [0.2, 0.25) is 0 Å². The highest BCUT2D eigenvalue weighted by Gasteiger charge is 2.47. The van der Waals surface area contributed by atoms with Crippen LogP contribution in [-0.4, -0.2) is 65.1 Å². The molecule has 0 saturated carbocycles. The summed E-state index contributed by atoms with van der Waals surface area (Å²) in [5.74, 6) is -1.19. The summed E-state index contributed by atoms with van der Waals surface area (Å²) < 4.78 is 20.9. The molecule has 0 unspecified atom stereocenters. The van der Waals surface area contributed by atoms with Crippen LogP contribution in [0.2, 0.25) is 0 Å². The second-order valence-electron chi connectivity index (χ2n) is 7.65. The Bertz CT molecular complexity index is 792. The van der Waals surface area contributed by atoms with Gasteiger partial charge < -0.3 is 34.3 Å². The van der Waals surface area contributed by atoms with Gasteiger partial charge in [0.25, 0.3) is 0 Å². The van der Waals surface area contributed by atoms with Crippen molar-refractivity contribution in [2.75, 3.05) is 7.11 Å². The zero-order valence-electron chi connectivity index (χ0n) is 18.6. The number of benzene rings is 1. The number of carbonyl (C=O) groups excluding carboxylic acids is 2. The van der Waals surface area contributed by atoms with Crippen LogP contribution in [0, 0.1) is 0 Å². The molecule has 0 bridgehead atoms. The largest absolute Gasteiger partial charge is 0.504 e. The van der Waals surface area contributed by atoms with E-state index >= 15 is 0 Å². The summed E-state index contributed by atoms with van der Waals surface area (Å²) in [6, 6.07) is 4.50. The molecule has 0 amide bonds. The van der Waals surface area contributed by atoms with Crippen molar-refractivity contribution in [1.82, 2.24) is 0 Å². The Morgan fingerprint density at radius 1 is 1.12 bits per heavy atom. The molecule has 1 aromatic rings. The minimum Gasteiger partial charge on any atom is -0.504 e. The monoisotopic (exact) mass is 452 g/mol. The fourth-order valence-corrected chi connectivity index (χ4v) is 3.31. The minimum absolute atomic E-state index is 0.0443. The molecule has 1 fully saturated rings. The Labute approximate surface area is 187 Å². The lowest BCUT2D eigenvalue weighted by Crippen LogP contribution is -2.59. The van der Waals surface area contributed by atoms with Gasteiger partial charge in [0, 0.05) is 12.5 Å². The quantitative estimate of drug-likeness (QED) is 0.278. The molecule has 1 aromatic carbocycles. The van der Waals surface area contributed by atoms with Crippen molar-refractivity contribution in [3.05, 3.63) is 29.8 Å². The van der Waals surface area contributed by atoms with Crippen molar-refractivity contribution in [1.29, 1.82) is 0 Å². The number of hydrogen-bond acceptors (Lipinski definition) is 9. The average Bonchev–Trinajstić information content (AvgIpc) is 2.76. The van der Waals surface area contributed by atoms with Crippen LogP contribution in [0.1, 0.15) is 51.5 Å². The first-order valence-corrected chi connectivity index (χ1v) is 10.7. The smallest absolute Gasteiger partial charge is 0.331 e. The van der Waals surface area contributed by atoms with E-state index < -0.39 is 42.6 Å². The summed E-state index contributed by atoms with van der Waals surface area (Å²) in [4.78, 5) is 24.6. The Hall–Kier alpha value is -2.62. The number of phenolic OH excluding ortho intramolecular Hbond substituents is 1. The van der Waals surface area contributed by atoms with E-state index in [1.165, 1.54) is 32.2 Å². The molecule has 178 valence electrons. The van der Waals surface area contributed by atoms with Crippen molar-refractivity contribution < 1.29 is 43.9 Å². The van der Waals surface area contributed by atoms with E-state index in [4.69, 9.17) is 18.9 Å². The van der Waals surface area contributed by atoms with E-state index in [0.717, 1.165) is 25.3 Å².